The molecule has 246 valence electrons. The van der Waals surface area contributed by atoms with Gasteiger partial charge in [-0.25, -0.2) is 4.79 Å². The lowest BCUT2D eigenvalue weighted by Crippen LogP contribution is -2.49. The first-order valence-electron chi connectivity index (χ1n) is 13.6. The molecule has 0 saturated heterocycles. The van der Waals surface area contributed by atoms with Crippen LogP contribution >= 0.6 is 0 Å². The lowest BCUT2D eigenvalue weighted by Gasteiger charge is -2.48. The van der Waals surface area contributed by atoms with Crippen LogP contribution in [0.5, 0.6) is 17.2 Å². The number of hydrogen-bond donors (Lipinski definition) is 0. The number of carbonyl (C=O) groups is 3. The van der Waals surface area contributed by atoms with E-state index >= 15 is 0 Å². The monoisotopic (exact) mass is 636 g/mol. The zero-order chi connectivity index (χ0) is 32.7. The van der Waals surface area contributed by atoms with E-state index in [4.69, 9.17) is 56.8 Å². The predicted octanol–water partition coefficient (Wildman–Crippen LogP) is 2.30. The third-order valence-corrected chi connectivity index (χ3v) is 7.17. The van der Waals surface area contributed by atoms with Gasteiger partial charge < -0.3 is 56.8 Å². The molecule has 2 aliphatic carbocycles. The summed E-state index contributed by atoms with van der Waals surface area (Å²) in [6, 6.07) is 3.29. The first-order valence-corrected chi connectivity index (χ1v) is 13.6. The Kier molecular flexibility index (Phi) is 11.3. The number of benzene rings is 1. The van der Waals surface area contributed by atoms with Crippen molar-refractivity contribution in [3.05, 3.63) is 52.2 Å². The molecule has 0 unspecified atom stereocenters. The molecular formula is C30H36O15. The fourth-order valence-electron chi connectivity index (χ4n) is 5.59. The number of rotatable bonds is 15. The van der Waals surface area contributed by atoms with Crippen LogP contribution in [-0.4, -0.2) is 93.8 Å². The van der Waals surface area contributed by atoms with Crippen molar-refractivity contribution in [3.63, 3.8) is 0 Å². The fraction of sp³-hybridized carbons (Fsp3) is 0.500. The maximum Gasteiger partial charge on any atom is 0.334 e. The maximum atomic E-state index is 13.6. The SMILES string of the molecule is COCOC1=C(OCOC)[C@H]2Oc3c(ccc(OCOC)c3OCOC)[C@H]3[C@H](C(=O)OC)C(C(=O)OC)=CC(=C1OC(C)=O)[C@H]32. The summed E-state index contributed by atoms with van der Waals surface area (Å²) in [5.41, 5.74) is 0.702. The van der Waals surface area contributed by atoms with E-state index in [1.165, 1.54) is 55.7 Å². The molecular weight excluding hydrogens is 600 g/mol. The third-order valence-electron chi connectivity index (χ3n) is 7.17. The van der Waals surface area contributed by atoms with Gasteiger partial charge in [0.15, 0.2) is 56.3 Å². The number of esters is 3. The van der Waals surface area contributed by atoms with Gasteiger partial charge in [0.25, 0.3) is 0 Å². The van der Waals surface area contributed by atoms with Gasteiger partial charge in [0.05, 0.1) is 25.7 Å². The van der Waals surface area contributed by atoms with E-state index < -0.39 is 41.8 Å². The lowest BCUT2D eigenvalue weighted by molar-refractivity contribution is -0.150. The van der Waals surface area contributed by atoms with Crippen molar-refractivity contribution in [1.29, 1.82) is 0 Å². The minimum Gasteiger partial charge on any atom is -0.477 e. The van der Waals surface area contributed by atoms with Gasteiger partial charge in [-0.3, -0.25) is 9.59 Å². The van der Waals surface area contributed by atoms with Crippen LogP contribution in [0.3, 0.4) is 0 Å². The minimum atomic E-state index is -1.20. The molecule has 0 aromatic heterocycles. The van der Waals surface area contributed by atoms with E-state index in [1.54, 1.807) is 12.1 Å². The highest BCUT2D eigenvalue weighted by atomic mass is 16.7. The van der Waals surface area contributed by atoms with E-state index in [-0.39, 0.29) is 67.3 Å². The highest BCUT2D eigenvalue weighted by molar-refractivity contribution is 5.97. The Hall–Kier alpha value is -4.31. The van der Waals surface area contributed by atoms with Crippen molar-refractivity contribution in [2.24, 2.45) is 11.8 Å². The number of allylic oxidation sites excluding steroid dienone is 1. The molecule has 1 aromatic carbocycles. The number of carbonyl (C=O) groups excluding carboxylic acids is 3. The summed E-state index contributed by atoms with van der Waals surface area (Å²) in [6.07, 6.45) is 0.375. The van der Waals surface area contributed by atoms with Crippen molar-refractivity contribution < 1.29 is 71.2 Å². The molecule has 0 saturated carbocycles. The average molecular weight is 637 g/mol. The van der Waals surface area contributed by atoms with Crippen LogP contribution < -0.4 is 14.2 Å². The van der Waals surface area contributed by atoms with Gasteiger partial charge in [0.2, 0.25) is 11.5 Å². The van der Waals surface area contributed by atoms with Crippen LogP contribution in [0, 0.1) is 11.8 Å². The molecule has 1 heterocycles. The van der Waals surface area contributed by atoms with E-state index in [0.29, 0.717) is 11.1 Å². The summed E-state index contributed by atoms with van der Waals surface area (Å²) in [5.74, 6) is -4.61. The van der Waals surface area contributed by atoms with Gasteiger partial charge in [-0.15, -0.1) is 0 Å². The maximum absolute atomic E-state index is 13.6. The van der Waals surface area contributed by atoms with Crippen molar-refractivity contribution in [2.45, 2.75) is 18.9 Å². The molecule has 15 nitrogen and oxygen atoms in total. The molecule has 0 amide bonds. The smallest absolute Gasteiger partial charge is 0.334 e. The summed E-state index contributed by atoms with van der Waals surface area (Å²) in [5, 5.41) is 0. The Labute approximate surface area is 259 Å². The molecule has 4 atom stereocenters. The Balaban J connectivity index is 2.12. The van der Waals surface area contributed by atoms with Gasteiger partial charge in [0.1, 0.15) is 0 Å². The summed E-state index contributed by atoms with van der Waals surface area (Å²) in [7, 11) is 8.12. The number of fused-ring (bicyclic) bond motifs is 2. The molecule has 1 aliphatic heterocycles. The molecule has 0 bridgehead atoms. The van der Waals surface area contributed by atoms with Gasteiger partial charge in [-0.1, -0.05) is 6.07 Å². The minimum absolute atomic E-state index is 0.0503. The van der Waals surface area contributed by atoms with Crippen LogP contribution in [-0.2, 0) is 57.0 Å². The highest BCUT2D eigenvalue weighted by Crippen LogP contribution is 2.60. The molecule has 15 heteroatoms. The zero-order valence-electron chi connectivity index (χ0n) is 26.0. The zero-order valence-corrected chi connectivity index (χ0v) is 26.0. The number of ether oxygens (including phenoxy) is 12. The summed E-state index contributed by atoms with van der Waals surface area (Å²) in [6.45, 7) is 0.366. The molecule has 0 N–H and O–H groups in total. The van der Waals surface area contributed by atoms with E-state index in [0.717, 1.165) is 0 Å². The van der Waals surface area contributed by atoms with Gasteiger partial charge in [0, 0.05) is 58.3 Å². The largest absolute Gasteiger partial charge is 0.477 e. The van der Waals surface area contributed by atoms with E-state index in [2.05, 4.69) is 0 Å². The average Bonchev–Trinajstić information content (AvgIpc) is 3.04. The Morgan fingerprint density at radius 3 is 2.02 bits per heavy atom. The van der Waals surface area contributed by atoms with Gasteiger partial charge >= 0.3 is 17.9 Å². The third kappa shape index (κ3) is 6.56. The van der Waals surface area contributed by atoms with Crippen LogP contribution in [0.2, 0.25) is 0 Å². The molecule has 1 aromatic rings. The van der Waals surface area contributed by atoms with Crippen molar-refractivity contribution in [3.8, 4) is 17.2 Å². The second kappa shape index (κ2) is 15.1. The fourth-order valence-corrected chi connectivity index (χ4v) is 5.59. The second-order valence-corrected chi connectivity index (χ2v) is 9.77. The Morgan fingerprint density at radius 2 is 1.40 bits per heavy atom. The molecule has 0 fully saturated rings. The quantitative estimate of drug-likeness (QED) is 0.156. The van der Waals surface area contributed by atoms with E-state index in [1.807, 2.05) is 0 Å². The summed E-state index contributed by atoms with van der Waals surface area (Å²) >= 11 is 0. The van der Waals surface area contributed by atoms with Crippen molar-refractivity contribution in [1.82, 2.24) is 0 Å². The van der Waals surface area contributed by atoms with Crippen LogP contribution in [0.1, 0.15) is 18.4 Å². The first-order chi connectivity index (χ1) is 21.8. The normalized spacial score (nSPS) is 21.4. The summed E-state index contributed by atoms with van der Waals surface area (Å²) in [4.78, 5) is 39.3. The topological polar surface area (TPSA) is 162 Å². The molecule has 0 spiro atoms. The molecule has 45 heavy (non-hydrogen) atoms. The Morgan fingerprint density at radius 1 is 0.756 bits per heavy atom. The first kappa shape index (κ1) is 33.6. The van der Waals surface area contributed by atoms with Crippen molar-refractivity contribution >= 4 is 17.9 Å². The van der Waals surface area contributed by atoms with Crippen LogP contribution in [0.25, 0.3) is 0 Å². The lowest BCUT2D eigenvalue weighted by atomic mass is 9.61. The molecule has 4 rings (SSSR count). The highest BCUT2D eigenvalue weighted by Gasteiger charge is 2.58. The predicted molar refractivity (Wildman–Crippen MR) is 149 cm³/mol. The van der Waals surface area contributed by atoms with Crippen LogP contribution in [0.15, 0.2) is 46.6 Å². The molecule has 0 radical (unpaired) electrons. The second-order valence-electron chi connectivity index (χ2n) is 9.77. The Bertz CT molecular complexity index is 1380. The van der Waals surface area contributed by atoms with E-state index in [9.17, 15) is 14.4 Å². The van der Waals surface area contributed by atoms with Crippen LogP contribution in [0.4, 0.5) is 0 Å². The number of methoxy groups -OCH3 is 6. The standard InChI is InChI=1S/C30H36O15/c1-15(31)44-24-17-10-18(29(32)38-6)22(30(33)39-7)20-16-8-9-19(40-11-34-2)25(41-12-35-3)23(16)45-26(21(17)20)28(43-14-37-5)27(24)42-13-36-4/h8-10,20-22,26H,11-14H2,1-7H3/t20-,21-,22-,26+/m1/s1. The van der Waals surface area contributed by atoms with Crippen molar-refractivity contribution in [2.75, 3.05) is 69.8 Å². The van der Waals surface area contributed by atoms with Gasteiger partial charge in [-0.2, -0.15) is 0 Å². The summed E-state index contributed by atoms with van der Waals surface area (Å²) < 4.78 is 66.8. The van der Waals surface area contributed by atoms with Gasteiger partial charge in [-0.05, 0) is 12.1 Å². The number of hydrogen-bond acceptors (Lipinski definition) is 15. The molecule has 3 aliphatic rings.